The second kappa shape index (κ2) is 12.2. The fourth-order valence-corrected chi connectivity index (χ4v) is 4.59. The van der Waals surface area contributed by atoms with Crippen LogP contribution >= 0.6 is 11.3 Å². The first-order chi connectivity index (χ1) is 17.8. The molecule has 196 valence electrons. The molecule has 0 aliphatic carbocycles. The third-order valence-corrected chi connectivity index (χ3v) is 6.69. The SMILES string of the molecule is CC(C)(C)c1ccccc1Oc1ncccc1NC(=O)Nc1ccc(C(=O)OCCN2CCOCC2)s1. The van der Waals surface area contributed by atoms with Crippen LogP contribution in [0.2, 0.25) is 0 Å². The summed E-state index contributed by atoms with van der Waals surface area (Å²) < 4.78 is 16.8. The fraction of sp³-hybridized carbons (Fsp3) is 0.370. The molecule has 4 rings (SSSR count). The van der Waals surface area contributed by atoms with E-state index in [0.29, 0.717) is 47.7 Å². The maximum Gasteiger partial charge on any atom is 0.348 e. The Morgan fingerprint density at radius 2 is 1.84 bits per heavy atom. The second-order valence-corrected chi connectivity index (χ2v) is 10.6. The molecule has 1 saturated heterocycles. The summed E-state index contributed by atoms with van der Waals surface area (Å²) in [6, 6.07) is 14.0. The Balaban J connectivity index is 1.33. The number of nitrogens with one attached hydrogen (secondary N) is 2. The van der Waals surface area contributed by atoms with Crippen LogP contribution in [0.15, 0.2) is 54.7 Å². The standard InChI is InChI=1S/C27H32N4O5S/c1-27(2,3)19-7-4-5-9-21(19)36-24-20(8-6-12-28-24)29-26(33)30-23-11-10-22(37-23)25(32)35-18-15-31-13-16-34-17-14-31/h4-12H,13-18H2,1-3H3,(H2,29,30,33). The number of anilines is 2. The average molecular weight is 525 g/mol. The van der Waals surface area contributed by atoms with Crippen LogP contribution in [0, 0.1) is 0 Å². The number of carbonyl (C=O) groups is 2. The Hall–Kier alpha value is -3.47. The molecule has 37 heavy (non-hydrogen) atoms. The number of morpholine rings is 1. The van der Waals surface area contributed by atoms with Gasteiger partial charge in [0.2, 0.25) is 5.88 Å². The van der Waals surface area contributed by atoms with E-state index in [4.69, 9.17) is 14.2 Å². The first kappa shape index (κ1) is 26.6. The summed E-state index contributed by atoms with van der Waals surface area (Å²) in [5.74, 6) is 0.546. The number of hydrogen-bond acceptors (Lipinski definition) is 8. The predicted octanol–water partition coefficient (Wildman–Crippen LogP) is 5.37. The van der Waals surface area contributed by atoms with Crippen LogP contribution in [0.3, 0.4) is 0 Å². The maximum absolute atomic E-state index is 12.7. The van der Waals surface area contributed by atoms with Crippen LogP contribution in [0.25, 0.3) is 0 Å². The number of benzene rings is 1. The number of hydrogen-bond donors (Lipinski definition) is 2. The lowest BCUT2D eigenvalue weighted by Crippen LogP contribution is -2.38. The summed E-state index contributed by atoms with van der Waals surface area (Å²) in [4.78, 5) is 32.0. The van der Waals surface area contributed by atoms with Crippen molar-refractivity contribution in [2.24, 2.45) is 0 Å². The molecule has 3 aromatic rings. The third-order valence-electron chi connectivity index (χ3n) is 5.71. The van der Waals surface area contributed by atoms with E-state index < -0.39 is 12.0 Å². The number of para-hydroxylation sites is 1. The summed E-state index contributed by atoms with van der Waals surface area (Å²) in [5, 5.41) is 6.06. The maximum atomic E-state index is 12.7. The lowest BCUT2D eigenvalue weighted by molar-refractivity contribution is 0.0197. The van der Waals surface area contributed by atoms with Crippen molar-refractivity contribution in [3.05, 3.63) is 65.2 Å². The van der Waals surface area contributed by atoms with Gasteiger partial charge >= 0.3 is 12.0 Å². The number of carbonyl (C=O) groups excluding carboxylic acids is 2. The molecule has 3 heterocycles. The monoisotopic (exact) mass is 524 g/mol. The smallest absolute Gasteiger partial charge is 0.348 e. The van der Waals surface area contributed by atoms with Crippen LogP contribution in [0.4, 0.5) is 15.5 Å². The molecule has 1 aliphatic rings. The number of urea groups is 1. The van der Waals surface area contributed by atoms with Crippen molar-refractivity contribution in [1.29, 1.82) is 0 Å². The van der Waals surface area contributed by atoms with Gasteiger partial charge in [-0.15, -0.1) is 11.3 Å². The molecule has 2 N–H and O–H groups in total. The molecule has 2 aromatic heterocycles. The van der Waals surface area contributed by atoms with Crippen molar-refractivity contribution in [3.63, 3.8) is 0 Å². The lowest BCUT2D eigenvalue weighted by atomic mass is 9.86. The number of aromatic nitrogens is 1. The minimum Gasteiger partial charge on any atom is -0.460 e. The predicted molar refractivity (Wildman–Crippen MR) is 144 cm³/mol. The summed E-state index contributed by atoms with van der Waals surface area (Å²) in [7, 11) is 0. The molecule has 0 atom stereocenters. The van der Waals surface area contributed by atoms with Crippen molar-refractivity contribution in [2.45, 2.75) is 26.2 Å². The Labute approximate surface area is 220 Å². The number of pyridine rings is 1. The Bertz CT molecular complexity index is 1220. The highest BCUT2D eigenvalue weighted by Gasteiger charge is 2.20. The molecule has 1 aromatic carbocycles. The molecule has 0 radical (unpaired) electrons. The molecule has 1 fully saturated rings. The van der Waals surface area contributed by atoms with Gasteiger partial charge in [-0.05, 0) is 35.7 Å². The Morgan fingerprint density at radius 3 is 2.62 bits per heavy atom. The van der Waals surface area contributed by atoms with Gasteiger partial charge < -0.3 is 19.5 Å². The van der Waals surface area contributed by atoms with Crippen molar-refractivity contribution in [3.8, 4) is 11.6 Å². The van der Waals surface area contributed by atoms with Gasteiger partial charge in [0.05, 0.1) is 18.2 Å². The van der Waals surface area contributed by atoms with E-state index in [0.717, 1.165) is 30.0 Å². The molecule has 1 aliphatic heterocycles. The number of rotatable bonds is 8. The Kier molecular flexibility index (Phi) is 8.75. The summed E-state index contributed by atoms with van der Waals surface area (Å²) in [6.45, 7) is 10.4. The van der Waals surface area contributed by atoms with E-state index >= 15 is 0 Å². The van der Waals surface area contributed by atoms with Crippen molar-refractivity contribution in [1.82, 2.24) is 9.88 Å². The molecule has 0 spiro atoms. The van der Waals surface area contributed by atoms with Crippen LogP contribution < -0.4 is 15.4 Å². The third kappa shape index (κ3) is 7.51. The molecule has 9 nitrogen and oxygen atoms in total. The van der Waals surface area contributed by atoms with E-state index in [1.165, 1.54) is 0 Å². The van der Waals surface area contributed by atoms with Gasteiger partial charge in [-0.25, -0.2) is 14.6 Å². The topological polar surface area (TPSA) is 102 Å². The van der Waals surface area contributed by atoms with Gasteiger partial charge in [-0.2, -0.15) is 0 Å². The highest BCUT2D eigenvalue weighted by atomic mass is 32.1. The second-order valence-electron chi connectivity index (χ2n) is 9.54. The number of nitrogens with zero attached hydrogens (tertiary/aromatic N) is 2. The van der Waals surface area contributed by atoms with E-state index in [1.54, 1.807) is 30.5 Å². The van der Waals surface area contributed by atoms with Crippen molar-refractivity contribution in [2.75, 3.05) is 50.1 Å². The van der Waals surface area contributed by atoms with Crippen molar-refractivity contribution < 1.29 is 23.8 Å². The number of amides is 2. The zero-order valence-electron chi connectivity index (χ0n) is 21.3. The van der Waals surface area contributed by atoms with Crippen LogP contribution in [-0.2, 0) is 14.9 Å². The first-order valence-electron chi connectivity index (χ1n) is 12.2. The molecule has 0 bridgehead atoms. The van der Waals surface area contributed by atoms with Gasteiger partial charge in [0.1, 0.15) is 22.9 Å². The van der Waals surface area contributed by atoms with Gasteiger partial charge in [-0.1, -0.05) is 39.0 Å². The highest BCUT2D eigenvalue weighted by molar-refractivity contribution is 7.18. The number of thiophene rings is 1. The van der Waals surface area contributed by atoms with E-state index in [9.17, 15) is 9.59 Å². The average Bonchev–Trinajstić information content (AvgIpc) is 3.34. The van der Waals surface area contributed by atoms with Crippen LogP contribution in [0.1, 0.15) is 36.0 Å². The minimum atomic E-state index is -0.476. The molecule has 2 amide bonds. The summed E-state index contributed by atoms with van der Waals surface area (Å²) >= 11 is 1.15. The molecule has 10 heteroatoms. The van der Waals surface area contributed by atoms with E-state index in [1.807, 2.05) is 24.3 Å². The lowest BCUT2D eigenvalue weighted by Gasteiger charge is -2.26. The van der Waals surface area contributed by atoms with Gasteiger partial charge in [0.25, 0.3) is 0 Å². The molecule has 0 saturated carbocycles. The first-order valence-corrected chi connectivity index (χ1v) is 13.0. The zero-order valence-corrected chi connectivity index (χ0v) is 22.1. The summed E-state index contributed by atoms with van der Waals surface area (Å²) in [5.41, 5.74) is 1.32. The number of ether oxygens (including phenoxy) is 3. The van der Waals surface area contributed by atoms with Gasteiger partial charge in [0, 0.05) is 31.4 Å². The Morgan fingerprint density at radius 1 is 1.05 bits per heavy atom. The van der Waals surface area contributed by atoms with Gasteiger partial charge in [-0.3, -0.25) is 10.2 Å². The highest BCUT2D eigenvalue weighted by Crippen LogP contribution is 2.35. The van der Waals surface area contributed by atoms with Gasteiger partial charge in [0.15, 0.2) is 0 Å². The van der Waals surface area contributed by atoms with E-state index in [2.05, 4.69) is 41.3 Å². The fourth-order valence-electron chi connectivity index (χ4n) is 3.79. The van der Waals surface area contributed by atoms with E-state index in [-0.39, 0.29) is 11.3 Å². The molecular weight excluding hydrogens is 492 g/mol. The van der Waals surface area contributed by atoms with Crippen LogP contribution in [0.5, 0.6) is 11.6 Å². The normalized spacial score (nSPS) is 14.1. The van der Waals surface area contributed by atoms with Crippen molar-refractivity contribution >= 4 is 34.0 Å². The van der Waals surface area contributed by atoms with Crippen LogP contribution in [-0.4, -0.2) is 61.3 Å². The quantitative estimate of drug-likeness (QED) is 0.382. The number of esters is 1. The summed E-state index contributed by atoms with van der Waals surface area (Å²) in [6.07, 6.45) is 1.61. The minimum absolute atomic E-state index is 0.128. The molecular formula is C27H32N4O5S. The zero-order chi connectivity index (χ0) is 26.3. The molecule has 0 unspecified atom stereocenters. The largest absolute Gasteiger partial charge is 0.460 e.